The maximum atomic E-state index is 8.40. The molecule has 0 unspecified atom stereocenters. The summed E-state index contributed by atoms with van der Waals surface area (Å²) in [5, 5.41) is 8.40. The van der Waals surface area contributed by atoms with Crippen LogP contribution in [0.15, 0.2) is 18.2 Å². The van der Waals surface area contributed by atoms with Crippen LogP contribution in [0.25, 0.3) is 0 Å². The normalized spacial score (nSPS) is 9.81. The Kier molecular flexibility index (Phi) is 5.38. The van der Waals surface area contributed by atoms with Gasteiger partial charge in [0.1, 0.15) is 5.75 Å². The number of benzene rings is 1. The van der Waals surface area contributed by atoms with E-state index in [9.17, 15) is 0 Å². The lowest BCUT2D eigenvalue weighted by Crippen LogP contribution is -2.05. The second-order valence-corrected chi connectivity index (χ2v) is 3.73. The first kappa shape index (κ1) is 12.5. The maximum absolute atomic E-state index is 8.40. The third kappa shape index (κ3) is 3.56. The summed E-state index contributed by atoms with van der Waals surface area (Å²) in [7, 11) is 0. The number of nitrogens with zero attached hydrogens (tertiary/aromatic N) is 1. The predicted octanol–water partition coefficient (Wildman–Crippen LogP) is 2.53. The first-order valence-corrected chi connectivity index (χ1v) is 5.58. The Hall–Kier alpha value is -1.53. The maximum Gasteiger partial charge on any atom is 0.126 e. The molecule has 0 fully saturated rings. The van der Waals surface area contributed by atoms with Crippen molar-refractivity contribution in [2.24, 2.45) is 5.73 Å². The van der Waals surface area contributed by atoms with E-state index in [1.165, 1.54) is 0 Å². The van der Waals surface area contributed by atoms with Gasteiger partial charge in [0, 0.05) is 18.5 Å². The van der Waals surface area contributed by atoms with Crippen molar-refractivity contribution >= 4 is 0 Å². The molecular weight excluding hydrogens is 200 g/mol. The van der Waals surface area contributed by atoms with Gasteiger partial charge < -0.3 is 10.5 Å². The van der Waals surface area contributed by atoms with Gasteiger partial charge in [-0.25, -0.2) is 0 Å². The van der Waals surface area contributed by atoms with Crippen LogP contribution in [0.1, 0.15) is 30.4 Å². The van der Waals surface area contributed by atoms with Gasteiger partial charge >= 0.3 is 0 Å². The molecular formula is C13H18N2O. The SMILES string of the molecule is Cc1cccc(CN)c1OCCCCC#N. The molecule has 3 heteroatoms. The van der Waals surface area contributed by atoms with Crippen LogP contribution in [0.5, 0.6) is 5.75 Å². The molecule has 0 amide bonds. The van der Waals surface area contributed by atoms with Gasteiger partial charge in [0.15, 0.2) is 0 Å². The van der Waals surface area contributed by atoms with Crippen molar-refractivity contribution in [1.29, 1.82) is 5.26 Å². The van der Waals surface area contributed by atoms with Gasteiger partial charge in [0.25, 0.3) is 0 Å². The van der Waals surface area contributed by atoms with Crippen molar-refractivity contribution in [1.82, 2.24) is 0 Å². The fraction of sp³-hybridized carbons (Fsp3) is 0.462. The van der Waals surface area contributed by atoms with Crippen LogP contribution in [-0.2, 0) is 6.54 Å². The van der Waals surface area contributed by atoms with E-state index in [2.05, 4.69) is 6.07 Å². The molecule has 16 heavy (non-hydrogen) atoms. The number of hydrogen-bond acceptors (Lipinski definition) is 3. The average Bonchev–Trinajstić information content (AvgIpc) is 2.30. The summed E-state index contributed by atoms with van der Waals surface area (Å²) in [6.07, 6.45) is 2.40. The number of nitriles is 1. The zero-order valence-corrected chi connectivity index (χ0v) is 9.70. The van der Waals surface area contributed by atoms with Gasteiger partial charge in [-0.2, -0.15) is 5.26 Å². The molecule has 0 aliphatic carbocycles. The molecule has 0 saturated heterocycles. The first-order valence-electron chi connectivity index (χ1n) is 5.58. The standard InChI is InChI=1S/C13H18N2O/c1-11-6-5-7-12(10-15)13(11)16-9-4-2-3-8-14/h5-7H,2-4,9-10,15H2,1H3. The molecule has 1 rings (SSSR count). The quantitative estimate of drug-likeness (QED) is 0.746. The van der Waals surface area contributed by atoms with Crippen LogP contribution in [0.2, 0.25) is 0 Å². The predicted molar refractivity (Wildman–Crippen MR) is 64.0 cm³/mol. The Labute approximate surface area is 96.8 Å². The summed E-state index contributed by atoms with van der Waals surface area (Å²) < 4.78 is 5.72. The van der Waals surface area contributed by atoms with E-state index in [4.69, 9.17) is 15.7 Å². The largest absolute Gasteiger partial charge is 0.493 e. The molecule has 0 saturated carbocycles. The second kappa shape index (κ2) is 6.86. The highest BCUT2D eigenvalue weighted by Crippen LogP contribution is 2.23. The van der Waals surface area contributed by atoms with Crippen molar-refractivity contribution in [2.75, 3.05) is 6.61 Å². The van der Waals surface area contributed by atoms with E-state index in [0.717, 1.165) is 29.7 Å². The average molecular weight is 218 g/mol. The summed E-state index contributed by atoms with van der Waals surface area (Å²) >= 11 is 0. The third-order valence-electron chi connectivity index (χ3n) is 2.44. The molecule has 0 radical (unpaired) electrons. The molecule has 2 N–H and O–H groups in total. The highest BCUT2D eigenvalue weighted by atomic mass is 16.5. The zero-order chi connectivity index (χ0) is 11.8. The lowest BCUT2D eigenvalue weighted by atomic mass is 10.1. The van der Waals surface area contributed by atoms with Crippen LogP contribution in [-0.4, -0.2) is 6.61 Å². The Balaban J connectivity index is 2.50. The molecule has 1 aromatic carbocycles. The zero-order valence-electron chi connectivity index (χ0n) is 9.70. The molecule has 0 aromatic heterocycles. The molecule has 0 aliphatic heterocycles. The van der Waals surface area contributed by atoms with Gasteiger partial charge in [0.05, 0.1) is 12.7 Å². The second-order valence-electron chi connectivity index (χ2n) is 3.73. The van der Waals surface area contributed by atoms with E-state index in [1.54, 1.807) is 0 Å². The van der Waals surface area contributed by atoms with Crippen LogP contribution in [0, 0.1) is 18.3 Å². The Bertz CT molecular complexity index is 369. The topological polar surface area (TPSA) is 59.0 Å². The summed E-state index contributed by atoms with van der Waals surface area (Å²) in [5.74, 6) is 0.905. The van der Waals surface area contributed by atoms with E-state index in [0.29, 0.717) is 19.6 Å². The van der Waals surface area contributed by atoms with Gasteiger partial charge in [-0.05, 0) is 25.3 Å². The summed E-state index contributed by atoms with van der Waals surface area (Å²) in [6, 6.07) is 8.11. The number of aryl methyl sites for hydroxylation is 1. The molecule has 1 aromatic rings. The van der Waals surface area contributed by atoms with Gasteiger partial charge in [0.2, 0.25) is 0 Å². The van der Waals surface area contributed by atoms with Crippen molar-refractivity contribution < 1.29 is 4.74 Å². The number of para-hydroxylation sites is 1. The minimum atomic E-state index is 0.495. The molecule has 0 atom stereocenters. The van der Waals surface area contributed by atoms with E-state index >= 15 is 0 Å². The van der Waals surface area contributed by atoms with E-state index in [-0.39, 0.29) is 0 Å². The van der Waals surface area contributed by atoms with Crippen molar-refractivity contribution in [2.45, 2.75) is 32.7 Å². The highest BCUT2D eigenvalue weighted by molar-refractivity contribution is 5.40. The lowest BCUT2D eigenvalue weighted by molar-refractivity contribution is 0.302. The van der Waals surface area contributed by atoms with Crippen molar-refractivity contribution in [3.63, 3.8) is 0 Å². The van der Waals surface area contributed by atoms with E-state index < -0.39 is 0 Å². The molecule has 0 heterocycles. The Morgan fingerprint density at radius 3 is 2.88 bits per heavy atom. The smallest absolute Gasteiger partial charge is 0.126 e. The number of hydrogen-bond donors (Lipinski definition) is 1. The number of ether oxygens (including phenoxy) is 1. The van der Waals surface area contributed by atoms with Gasteiger partial charge in [-0.3, -0.25) is 0 Å². The third-order valence-corrected chi connectivity index (χ3v) is 2.44. The van der Waals surface area contributed by atoms with Gasteiger partial charge in [-0.1, -0.05) is 18.2 Å². The number of rotatable bonds is 6. The molecule has 0 spiro atoms. The highest BCUT2D eigenvalue weighted by Gasteiger charge is 2.04. The fourth-order valence-electron chi connectivity index (χ4n) is 1.56. The van der Waals surface area contributed by atoms with Crippen LogP contribution in [0.4, 0.5) is 0 Å². The molecule has 0 bridgehead atoms. The molecule has 3 nitrogen and oxygen atoms in total. The monoisotopic (exact) mass is 218 g/mol. The Morgan fingerprint density at radius 2 is 2.19 bits per heavy atom. The minimum Gasteiger partial charge on any atom is -0.493 e. The molecule has 86 valence electrons. The van der Waals surface area contributed by atoms with Crippen LogP contribution < -0.4 is 10.5 Å². The Morgan fingerprint density at radius 1 is 1.38 bits per heavy atom. The van der Waals surface area contributed by atoms with Gasteiger partial charge in [-0.15, -0.1) is 0 Å². The van der Waals surface area contributed by atoms with Crippen molar-refractivity contribution in [3.05, 3.63) is 29.3 Å². The van der Waals surface area contributed by atoms with Crippen LogP contribution >= 0.6 is 0 Å². The van der Waals surface area contributed by atoms with E-state index in [1.807, 2.05) is 25.1 Å². The summed E-state index contributed by atoms with van der Waals surface area (Å²) in [6.45, 7) is 3.17. The van der Waals surface area contributed by atoms with Crippen LogP contribution in [0.3, 0.4) is 0 Å². The number of unbranched alkanes of at least 4 members (excludes halogenated alkanes) is 2. The molecule has 0 aliphatic rings. The fourth-order valence-corrected chi connectivity index (χ4v) is 1.56. The first-order chi connectivity index (χ1) is 7.79. The number of nitrogens with two attached hydrogens (primary N) is 1. The van der Waals surface area contributed by atoms with Crippen molar-refractivity contribution in [3.8, 4) is 11.8 Å². The minimum absolute atomic E-state index is 0.495. The lowest BCUT2D eigenvalue weighted by Gasteiger charge is -2.12. The summed E-state index contributed by atoms with van der Waals surface area (Å²) in [5.41, 5.74) is 7.80. The summed E-state index contributed by atoms with van der Waals surface area (Å²) in [4.78, 5) is 0.